The van der Waals surface area contributed by atoms with Crippen molar-refractivity contribution in [3.05, 3.63) is 66.1 Å². The van der Waals surface area contributed by atoms with E-state index in [1.165, 1.54) is 0 Å². The van der Waals surface area contributed by atoms with E-state index in [0.717, 1.165) is 27.8 Å². The van der Waals surface area contributed by atoms with Crippen LogP contribution in [-0.4, -0.2) is 55.5 Å². The summed E-state index contributed by atoms with van der Waals surface area (Å²) in [4.78, 5) is 33.8. The maximum atomic E-state index is 12.8. The summed E-state index contributed by atoms with van der Waals surface area (Å²) in [6.45, 7) is 0.763. The van der Waals surface area contributed by atoms with E-state index < -0.39 is 12.0 Å². The molecule has 0 aliphatic carbocycles. The van der Waals surface area contributed by atoms with Gasteiger partial charge in [0, 0.05) is 48.6 Å². The lowest BCUT2D eigenvalue weighted by Gasteiger charge is -2.18. The molecule has 164 valence electrons. The zero-order chi connectivity index (χ0) is 22.2. The Morgan fingerprint density at radius 3 is 2.81 bits per heavy atom. The Morgan fingerprint density at radius 1 is 1.16 bits per heavy atom. The number of nitrogens with two attached hydrogens (primary N) is 1. The average molecular weight is 431 g/mol. The predicted octanol–water partition coefficient (Wildman–Crippen LogP) is 2.38. The molecule has 5 rings (SSSR count). The van der Waals surface area contributed by atoms with Gasteiger partial charge >= 0.3 is 0 Å². The number of carbonyl (C=O) groups excluding carboxylic acids is 2. The number of aliphatic hydroxyl groups excluding tert-OH is 1. The summed E-state index contributed by atoms with van der Waals surface area (Å²) in [6.07, 6.45) is 3.04. The molecule has 3 heterocycles. The van der Waals surface area contributed by atoms with Gasteiger partial charge in [0.05, 0.1) is 23.2 Å². The summed E-state index contributed by atoms with van der Waals surface area (Å²) in [7, 11) is 0. The molecule has 2 aromatic heterocycles. The number of rotatable bonds is 6. The molecule has 4 aromatic rings. The minimum absolute atomic E-state index is 0.0372. The standard InChI is InChI=1S/C24H25N5O3/c25-24(32)16-8-9-19-15(12-16)10-11-29(19)20-13-28(14-21(20)30)23(31)7-3-6-22-26-17-4-1-2-5-18(17)27-22/h1-2,4-5,8-12,20-21,30H,3,6-7,13-14H2,(H2,25,32)(H,26,27)/t20-,21-/m1/s1. The first-order valence-corrected chi connectivity index (χ1v) is 10.8. The van der Waals surface area contributed by atoms with Crippen molar-refractivity contribution in [2.24, 2.45) is 5.73 Å². The van der Waals surface area contributed by atoms with Crippen LogP contribution in [0.5, 0.6) is 0 Å². The van der Waals surface area contributed by atoms with Gasteiger partial charge in [-0.3, -0.25) is 9.59 Å². The molecule has 1 aliphatic rings. The van der Waals surface area contributed by atoms with Gasteiger partial charge < -0.3 is 25.3 Å². The smallest absolute Gasteiger partial charge is 0.248 e. The van der Waals surface area contributed by atoms with E-state index in [4.69, 9.17) is 5.73 Å². The molecule has 1 saturated heterocycles. The maximum Gasteiger partial charge on any atom is 0.248 e. The van der Waals surface area contributed by atoms with Crippen LogP contribution in [0.1, 0.15) is 35.1 Å². The molecule has 8 heteroatoms. The Balaban J connectivity index is 1.22. The zero-order valence-electron chi connectivity index (χ0n) is 17.6. The molecule has 2 aromatic carbocycles. The number of carbonyl (C=O) groups is 2. The largest absolute Gasteiger partial charge is 0.389 e. The van der Waals surface area contributed by atoms with E-state index in [1.807, 2.05) is 47.2 Å². The van der Waals surface area contributed by atoms with Crippen molar-refractivity contribution in [2.45, 2.75) is 31.4 Å². The summed E-state index contributed by atoms with van der Waals surface area (Å²) < 4.78 is 1.98. The number of H-pyrrole nitrogens is 1. The zero-order valence-corrected chi connectivity index (χ0v) is 17.6. The van der Waals surface area contributed by atoms with Crippen LogP contribution < -0.4 is 5.73 Å². The molecule has 32 heavy (non-hydrogen) atoms. The number of aliphatic hydroxyl groups is 1. The molecule has 1 fully saturated rings. The normalized spacial score (nSPS) is 18.6. The van der Waals surface area contributed by atoms with E-state index in [2.05, 4.69) is 9.97 Å². The molecule has 4 N–H and O–H groups in total. The molecular formula is C24H25N5O3. The second-order valence-electron chi connectivity index (χ2n) is 8.35. The highest BCUT2D eigenvalue weighted by atomic mass is 16.3. The number of para-hydroxylation sites is 2. The SMILES string of the molecule is NC(=O)c1ccc2c(ccn2[C@@H]2CN(C(=O)CCCc3nc4ccccc4[nH]3)C[C@H]2O)c1. The predicted molar refractivity (Wildman–Crippen MR) is 121 cm³/mol. The fraction of sp³-hybridized carbons (Fsp3) is 0.292. The van der Waals surface area contributed by atoms with E-state index in [9.17, 15) is 14.7 Å². The topological polar surface area (TPSA) is 117 Å². The van der Waals surface area contributed by atoms with Crippen LogP contribution in [0.3, 0.4) is 0 Å². The number of nitrogens with one attached hydrogen (secondary N) is 1. The van der Waals surface area contributed by atoms with Crippen LogP contribution in [0.15, 0.2) is 54.7 Å². The number of nitrogens with zero attached hydrogens (tertiary/aromatic N) is 3. The fourth-order valence-corrected chi connectivity index (χ4v) is 4.54. The molecule has 0 saturated carbocycles. The van der Waals surface area contributed by atoms with Gasteiger partial charge in [0.25, 0.3) is 0 Å². The van der Waals surface area contributed by atoms with Gasteiger partial charge in [-0.2, -0.15) is 0 Å². The number of hydrogen-bond donors (Lipinski definition) is 3. The lowest BCUT2D eigenvalue weighted by molar-refractivity contribution is -0.130. The van der Waals surface area contributed by atoms with Crippen molar-refractivity contribution in [1.29, 1.82) is 0 Å². The molecule has 8 nitrogen and oxygen atoms in total. The highest BCUT2D eigenvalue weighted by Gasteiger charge is 2.35. The van der Waals surface area contributed by atoms with Crippen LogP contribution in [0.2, 0.25) is 0 Å². The quantitative estimate of drug-likeness (QED) is 0.434. The number of primary amides is 1. The van der Waals surface area contributed by atoms with Crippen molar-refractivity contribution in [2.75, 3.05) is 13.1 Å². The Morgan fingerprint density at radius 2 is 2.00 bits per heavy atom. The van der Waals surface area contributed by atoms with Gasteiger partial charge in [-0.05, 0) is 42.8 Å². The van der Waals surface area contributed by atoms with Crippen LogP contribution in [0, 0.1) is 0 Å². The van der Waals surface area contributed by atoms with Gasteiger partial charge in [0.15, 0.2) is 0 Å². The van der Waals surface area contributed by atoms with Gasteiger partial charge in [-0.15, -0.1) is 0 Å². The molecule has 1 aliphatic heterocycles. The number of β-amino-alcohol motifs (C(OH)–C–C–N with tert-alkyl or cyclic N) is 1. The van der Waals surface area contributed by atoms with Crippen LogP contribution in [0.4, 0.5) is 0 Å². The Bertz CT molecular complexity index is 1270. The van der Waals surface area contributed by atoms with Crippen LogP contribution >= 0.6 is 0 Å². The summed E-state index contributed by atoms with van der Waals surface area (Å²) in [5.74, 6) is 0.447. The third-order valence-corrected chi connectivity index (χ3v) is 6.22. The minimum atomic E-state index is -0.652. The number of aryl methyl sites for hydroxylation is 1. The number of aromatic nitrogens is 3. The van der Waals surface area contributed by atoms with Crippen molar-refractivity contribution >= 4 is 33.8 Å². The molecule has 0 bridgehead atoms. The number of likely N-dealkylation sites (tertiary alicyclic amines) is 1. The minimum Gasteiger partial charge on any atom is -0.389 e. The molecule has 0 spiro atoms. The first-order valence-electron chi connectivity index (χ1n) is 10.8. The monoisotopic (exact) mass is 431 g/mol. The van der Waals surface area contributed by atoms with Crippen molar-refractivity contribution in [3.8, 4) is 0 Å². The highest BCUT2D eigenvalue weighted by molar-refractivity contribution is 5.97. The first-order chi connectivity index (χ1) is 15.5. The van der Waals surface area contributed by atoms with Gasteiger partial charge in [0.1, 0.15) is 5.82 Å². The first kappa shape index (κ1) is 20.3. The fourth-order valence-electron chi connectivity index (χ4n) is 4.54. The van der Waals surface area contributed by atoms with Gasteiger partial charge in [-0.25, -0.2) is 4.98 Å². The number of benzene rings is 2. The molecule has 0 radical (unpaired) electrons. The number of fused-ring (bicyclic) bond motifs is 2. The molecule has 0 unspecified atom stereocenters. The number of amides is 2. The number of hydrogen-bond acceptors (Lipinski definition) is 4. The van der Waals surface area contributed by atoms with Crippen LogP contribution in [-0.2, 0) is 11.2 Å². The third-order valence-electron chi connectivity index (χ3n) is 6.22. The second kappa shape index (κ2) is 8.12. The van der Waals surface area contributed by atoms with Crippen LogP contribution in [0.25, 0.3) is 21.9 Å². The lowest BCUT2D eigenvalue weighted by atomic mass is 10.1. The van der Waals surface area contributed by atoms with Crippen molar-refractivity contribution in [3.63, 3.8) is 0 Å². The Hall–Kier alpha value is -3.65. The van der Waals surface area contributed by atoms with Gasteiger partial charge in [-0.1, -0.05) is 12.1 Å². The van der Waals surface area contributed by atoms with E-state index in [1.54, 1.807) is 17.0 Å². The second-order valence-corrected chi connectivity index (χ2v) is 8.35. The van der Waals surface area contributed by atoms with E-state index in [0.29, 0.717) is 37.9 Å². The summed E-state index contributed by atoms with van der Waals surface area (Å²) in [5, 5.41) is 11.5. The molecule has 2 atom stereocenters. The van der Waals surface area contributed by atoms with E-state index in [-0.39, 0.29) is 11.9 Å². The van der Waals surface area contributed by atoms with Crippen molar-refractivity contribution in [1.82, 2.24) is 19.4 Å². The maximum absolute atomic E-state index is 12.8. The van der Waals surface area contributed by atoms with Crippen molar-refractivity contribution < 1.29 is 14.7 Å². The molecular weight excluding hydrogens is 406 g/mol. The number of aromatic amines is 1. The molecule has 2 amide bonds. The summed E-state index contributed by atoms with van der Waals surface area (Å²) >= 11 is 0. The summed E-state index contributed by atoms with van der Waals surface area (Å²) in [5.41, 5.74) is 8.65. The Kier molecular flexibility index (Phi) is 5.14. The highest BCUT2D eigenvalue weighted by Crippen LogP contribution is 2.28. The lowest BCUT2D eigenvalue weighted by Crippen LogP contribution is -2.29. The average Bonchev–Trinajstić information content (AvgIpc) is 3.48. The number of imidazole rings is 1. The summed E-state index contributed by atoms with van der Waals surface area (Å²) in [6, 6.07) is 14.8. The van der Waals surface area contributed by atoms with Gasteiger partial charge in [0.2, 0.25) is 11.8 Å². The Labute approximate surface area is 184 Å². The third kappa shape index (κ3) is 3.73. The van der Waals surface area contributed by atoms with E-state index >= 15 is 0 Å².